The van der Waals surface area contributed by atoms with Gasteiger partial charge in [-0.05, 0) is 43.3 Å². The molecule has 0 aliphatic rings. The van der Waals surface area contributed by atoms with Crippen LogP contribution in [0.4, 0.5) is 0 Å². The minimum atomic E-state index is -2.01. The minimum absolute atomic E-state index is 0.349. The van der Waals surface area contributed by atoms with Crippen LogP contribution in [0.5, 0.6) is 5.75 Å². The lowest BCUT2D eigenvalue weighted by Gasteiger charge is -2.22. The molecule has 0 fully saturated rings. The highest BCUT2D eigenvalue weighted by Crippen LogP contribution is 2.16. The number of carbonyl (C=O) groups is 1. The third kappa shape index (κ3) is 4.95. The Morgan fingerprint density at radius 3 is 2.20 bits per heavy atom. The lowest BCUT2D eigenvalue weighted by Crippen LogP contribution is -2.36. The lowest BCUT2D eigenvalue weighted by atomic mass is 10.2. The van der Waals surface area contributed by atoms with Crippen molar-refractivity contribution in [1.82, 2.24) is 0 Å². The standard InChI is InChI=1S/C14H22O5Si/c1-16-14(15)12-6-8-13(9-7-12)19-10-5-11-20(4,17-2)18-3/h6-9H,5,10-11H2,1-4H3. The molecule has 0 atom stereocenters. The first-order valence-electron chi connectivity index (χ1n) is 6.46. The first kappa shape index (κ1) is 16.7. The molecule has 1 aromatic rings. The largest absolute Gasteiger partial charge is 0.494 e. The van der Waals surface area contributed by atoms with E-state index in [1.54, 1.807) is 38.5 Å². The number of rotatable bonds is 8. The fraction of sp³-hybridized carbons (Fsp3) is 0.500. The van der Waals surface area contributed by atoms with Crippen LogP contribution in [0.25, 0.3) is 0 Å². The summed E-state index contributed by atoms with van der Waals surface area (Å²) >= 11 is 0. The summed E-state index contributed by atoms with van der Waals surface area (Å²) < 4.78 is 21.1. The quantitative estimate of drug-likeness (QED) is 0.419. The third-order valence-corrected chi connectivity index (χ3v) is 6.17. The van der Waals surface area contributed by atoms with Crippen LogP contribution < -0.4 is 4.74 Å². The second-order valence-corrected chi connectivity index (χ2v) is 8.09. The molecule has 0 unspecified atom stereocenters. The van der Waals surface area contributed by atoms with Crippen molar-refractivity contribution in [2.24, 2.45) is 0 Å². The normalized spacial score (nSPS) is 11.2. The number of methoxy groups -OCH3 is 1. The molecule has 5 nitrogen and oxygen atoms in total. The molecule has 0 heterocycles. The Hall–Kier alpha value is -1.37. The molecule has 0 radical (unpaired) electrons. The van der Waals surface area contributed by atoms with Gasteiger partial charge in [0.2, 0.25) is 0 Å². The van der Waals surface area contributed by atoms with Crippen molar-refractivity contribution < 1.29 is 23.1 Å². The Bertz CT molecular complexity index is 414. The fourth-order valence-corrected chi connectivity index (χ4v) is 3.04. The fourth-order valence-electron chi connectivity index (χ4n) is 1.68. The second kappa shape index (κ2) is 8.03. The van der Waals surface area contributed by atoms with Crippen LogP contribution in [-0.4, -0.2) is 42.5 Å². The van der Waals surface area contributed by atoms with Crippen molar-refractivity contribution in [3.8, 4) is 5.75 Å². The molecule has 0 aromatic heterocycles. The molecule has 1 rings (SSSR count). The Morgan fingerprint density at radius 2 is 1.70 bits per heavy atom. The summed E-state index contributed by atoms with van der Waals surface area (Å²) in [5, 5.41) is 0. The number of hydrogen-bond acceptors (Lipinski definition) is 5. The van der Waals surface area contributed by atoms with Gasteiger partial charge in [-0.3, -0.25) is 0 Å². The average molecular weight is 298 g/mol. The zero-order valence-corrected chi connectivity index (χ0v) is 13.5. The van der Waals surface area contributed by atoms with Crippen molar-refractivity contribution >= 4 is 14.5 Å². The van der Waals surface area contributed by atoms with Gasteiger partial charge < -0.3 is 18.3 Å². The molecule has 0 aliphatic carbocycles. The molecule has 0 aliphatic heterocycles. The van der Waals surface area contributed by atoms with Crippen LogP contribution in [0.1, 0.15) is 16.8 Å². The molecule has 0 spiro atoms. The maximum Gasteiger partial charge on any atom is 0.337 e. The SMILES string of the molecule is COC(=O)c1ccc(OCCC[Si](C)(OC)OC)cc1. The molecular formula is C14H22O5Si. The van der Waals surface area contributed by atoms with Crippen LogP contribution >= 0.6 is 0 Å². The van der Waals surface area contributed by atoms with Gasteiger partial charge in [-0.25, -0.2) is 4.79 Å². The Morgan fingerprint density at radius 1 is 1.10 bits per heavy atom. The average Bonchev–Trinajstić information content (AvgIpc) is 2.51. The van der Waals surface area contributed by atoms with E-state index in [1.807, 2.05) is 6.55 Å². The Kier molecular flexibility index (Phi) is 6.70. The van der Waals surface area contributed by atoms with Crippen molar-refractivity contribution in [2.75, 3.05) is 27.9 Å². The number of carbonyl (C=O) groups excluding carboxylic acids is 1. The van der Waals surface area contributed by atoms with Crippen molar-refractivity contribution in [3.05, 3.63) is 29.8 Å². The molecule has 1 aromatic carbocycles. The van der Waals surface area contributed by atoms with Crippen LogP contribution in [0.3, 0.4) is 0 Å². The van der Waals surface area contributed by atoms with E-state index in [0.717, 1.165) is 18.2 Å². The Labute approximate surface area is 121 Å². The first-order valence-corrected chi connectivity index (χ1v) is 8.98. The van der Waals surface area contributed by atoms with Gasteiger partial charge in [0.1, 0.15) is 5.75 Å². The maximum atomic E-state index is 11.3. The monoisotopic (exact) mass is 298 g/mol. The highest BCUT2D eigenvalue weighted by Gasteiger charge is 2.27. The molecule has 0 N–H and O–H groups in total. The summed E-state index contributed by atoms with van der Waals surface area (Å²) in [6.07, 6.45) is 0.864. The van der Waals surface area contributed by atoms with E-state index in [-0.39, 0.29) is 5.97 Å². The highest BCUT2D eigenvalue weighted by atomic mass is 28.4. The van der Waals surface area contributed by atoms with Gasteiger partial charge >= 0.3 is 14.5 Å². The molecule has 0 bridgehead atoms. The summed E-state index contributed by atoms with van der Waals surface area (Å²) in [7, 11) is 2.72. The van der Waals surface area contributed by atoms with E-state index in [9.17, 15) is 4.79 Å². The summed E-state index contributed by atoms with van der Waals surface area (Å²) in [4.78, 5) is 11.3. The predicted molar refractivity (Wildman–Crippen MR) is 78.3 cm³/mol. The molecule has 0 saturated heterocycles. The van der Waals surface area contributed by atoms with E-state index in [1.165, 1.54) is 7.11 Å². The van der Waals surface area contributed by atoms with E-state index >= 15 is 0 Å². The molecular weight excluding hydrogens is 276 g/mol. The topological polar surface area (TPSA) is 54.0 Å². The summed E-state index contributed by atoms with van der Waals surface area (Å²) in [6, 6.07) is 7.76. The number of ether oxygens (including phenoxy) is 2. The van der Waals surface area contributed by atoms with Crippen molar-refractivity contribution in [3.63, 3.8) is 0 Å². The zero-order chi connectivity index (χ0) is 15.0. The lowest BCUT2D eigenvalue weighted by molar-refractivity contribution is 0.0600. The van der Waals surface area contributed by atoms with E-state index in [4.69, 9.17) is 13.6 Å². The van der Waals surface area contributed by atoms with E-state index < -0.39 is 8.56 Å². The van der Waals surface area contributed by atoms with E-state index in [2.05, 4.69) is 4.74 Å². The number of esters is 1. The number of benzene rings is 1. The molecule has 112 valence electrons. The second-order valence-electron chi connectivity index (χ2n) is 4.51. The highest BCUT2D eigenvalue weighted by molar-refractivity contribution is 6.65. The van der Waals surface area contributed by atoms with Gasteiger partial charge in [-0.1, -0.05) is 0 Å². The summed E-state index contributed by atoms with van der Waals surface area (Å²) in [5.74, 6) is 0.384. The third-order valence-electron chi connectivity index (χ3n) is 3.18. The van der Waals surface area contributed by atoms with Gasteiger partial charge in [-0.15, -0.1) is 0 Å². The van der Waals surface area contributed by atoms with Gasteiger partial charge in [-0.2, -0.15) is 0 Å². The molecule has 0 amide bonds. The van der Waals surface area contributed by atoms with Gasteiger partial charge in [0.25, 0.3) is 0 Å². The first-order chi connectivity index (χ1) is 9.54. The van der Waals surface area contributed by atoms with Crippen LogP contribution in [0.2, 0.25) is 12.6 Å². The predicted octanol–water partition coefficient (Wildman–Crippen LogP) is 2.61. The van der Waals surface area contributed by atoms with E-state index in [0.29, 0.717) is 12.2 Å². The van der Waals surface area contributed by atoms with Gasteiger partial charge in [0.05, 0.1) is 19.3 Å². The number of hydrogen-bond donors (Lipinski definition) is 0. The molecule has 20 heavy (non-hydrogen) atoms. The van der Waals surface area contributed by atoms with Crippen LogP contribution in [0, 0.1) is 0 Å². The van der Waals surface area contributed by atoms with Crippen LogP contribution in [-0.2, 0) is 13.6 Å². The molecule has 0 saturated carbocycles. The minimum Gasteiger partial charge on any atom is -0.494 e. The summed E-state index contributed by atoms with van der Waals surface area (Å²) in [5.41, 5.74) is 0.513. The molecule has 6 heteroatoms. The van der Waals surface area contributed by atoms with Crippen molar-refractivity contribution in [1.29, 1.82) is 0 Å². The smallest absolute Gasteiger partial charge is 0.337 e. The zero-order valence-electron chi connectivity index (χ0n) is 12.5. The Balaban J connectivity index is 2.37. The maximum absolute atomic E-state index is 11.3. The van der Waals surface area contributed by atoms with Crippen LogP contribution in [0.15, 0.2) is 24.3 Å². The van der Waals surface area contributed by atoms with Gasteiger partial charge in [0, 0.05) is 14.2 Å². The van der Waals surface area contributed by atoms with Gasteiger partial charge in [0.15, 0.2) is 0 Å². The summed E-state index contributed by atoms with van der Waals surface area (Å²) in [6.45, 7) is 2.62. The van der Waals surface area contributed by atoms with Crippen molar-refractivity contribution in [2.45, 2.75) is 19.0 Å².